The van der Waals surface area contributed by atoms with Crippen molar-refractivity contribution in [3.63, 3.8) is 0 Å². The van der Waals surface area contributed by atoms with Crippen LogP contribution in [0.2, 0.25) is 0 Å². The van der Waals surface area contributed by atoms with Crippen molar-refractivity contribution in [2.75, 3.05) is 19.0 Å². The second kappa shape index (κ2) is 9.61. The first-order chi connectivity index (χ1) is 12.5. The topological polar surface area (TPSA) is 58.6 Å². The van der Waals surface area contributed by atoms with Gasteiger partial charge < -0.3 is 15.0 Å². The Balaban J connectivity index is 1.91. The van der Waals surface area contributed by atoms with Gasteiger partial charge in [0.2, 0.25) is 5.91 Å². The van der Waals surface area contributed by atoms with Crippen LogP contribution in [0.5, 0.6) is 0 Å². The lowest BCUT2D eigenvalue weighted by Gasteiger charge is -2.27. The minimum absolute atomic E-state index is 0.0977. The summed E-state index contributed by atoms with van der Waals surface area (Å²) in [5.41, 5.74) is 2.39. The number of anilines is 1. The van der Waals surface area contributed by atoms with Crippen LogP contribution in [-0.2, 0) is 16.1 Å². The number of carbonyl (C=O) groups excluding carboxylic acids is 2. The summed E-state index contributed by atoms with van der Waals surface area (Å²) in [5.74, 6) is -0.279. The third kappa shape index (κ3) is 5.62. The monoisotopic (exact) mass is 354 g/mol. The molecule has 0 saturated carbocycles. The van der Waals surface area contributed by atoms with Crippen LogP contribution in [0.15, 0.2) is 54.6 Å². The normalized spacial score (nSPS) is 10.5. The van der Waals surface area contributed by atoms with E-state index >= 15 is 0 Å². The van der Waals surface area contributed by atoms with Crippen LogP contribution in [-0.4, -0.2) is 36.5 Å². The van der Waals surface area contributed by atoms with Crippen LogP contribution in [0.4, 0.5) is 5.69 Å². The number of esters is 1. The molecule has 0 bridgehead atoms. The lowest BCUT2D eigenvalue weighted by Crippen LogP contribution is -2.37. The molecule has 0 unspecified atom stereocenters. The van der Waals surface area contributed by atoms with Crippen molar-refractivity contribution in [1.29, 1.82) is 0 Å². The Bertz CT molecular complexity index is 729. The fourth-order valence-electron chi connectivity index (χ4n) is 2.67. The molecule has 0 heterocycles. The van der Waals surface area contributed by atoms with Gasteiger partial charge in [-0.05, 0) is 37.6 Å². The number of methoxy groups -OCH3 is 1. The molecule has 0 radical (unpaired) electrons. The minimum atomic E-state index is -0.376. The molecule has 1 amide bonds. The number of nitrogens with zero attached hydrogens (tertiary/aromatic N) is 1. The number of rotatable bonds is 8. The van der Waals surface area contributed by atoms with Gasteiger partial charge in [0.1, 0.15) is 0 Å². The van der Waals surface area contributed by atoms with Crippen LogP contribution >= 0.6 is 0 Å². The molecule has 5 heteroatoms. The highest BCUT2D eigenvalue weighted by atomic mass is 16.5. The molecule has 0 aliphatic heterocycles. The van der Waals surface area contributed by atoms with E-state index in [9.17, 15) is 9.59 Å². The standard InChI is InChI=1S/C21H26N2O3/c1-16(2)23(15-17-8-5-4-6-9-17)20(24)12-13-22-19-11-7-10-18(14-19)21(25)26-3/h4-11,14,16,22H,12-13,15H2,1-3H3. The zero-order chi connectivity index (χ0) is 18.9. The van der Waals surface area contributed by atoms with E-state index in [1.165, 1.54) is 7.11 Å². The number of carbonyl (C=O) groups is 2. The summed E-state index contributed by atoms with van der Waals surface area (Å²) in [6.07, 6.45) is 0.382. The van der Waals surface area contributed by atoms with Crippen molar-refractivity contribution in [3.05, 3.63) is 65.7 Å². The molecule has 2 aromatic carbocycles. The highest BCUT2D eigenvalue weighted by molar-refractivity contribution is 5.90. The quantitative estimate of drug-likeness (QED) is 0.734. The van der Waals surface area contributed by atoms with Gasteiger partial charge in [0.05, 0.1) is 12.7 Å². The average Bonchev–Trinajstić information content (AvgIpc) is 2.66. The first kappa shape index (κ1) is 19.5. The molecular weight excluding hydrogens is 328 g/mol. The Hall–Kier alpha value is -2.82. The first-order valence-electron chi connectivity index (χ1n) is 8.77. The van der Waals surface area contributed by atoms with Gasteiger partial charge in [-0.2, -0.15) is 0 Å². The third-order valence-electron chi connectivity index (χ3n) is 4.09. The Morgan fingerprint density at radius 1 is 1.08 bits per heavy atom. The molecule has 2 rings (SSSR count). The molecule has 0 atom stereocenters. The van der Waals surface area contributed by atoms with Gasteiger partial charge in [0, 0.05) is 31.2 Å². The maximum absolute atomic E-state index is 12.6. The van der Waals surface area contributed by atoms with E-state index in [-0.39, 0.29) is 17.9 Å². The van der Waals surface area contributed by atoms with Gasteiger partial charge in [0.15, 0.2) is 0 Å². The second-order valence-corrected chi connectivity index (χ2v) is 6.35. The molecule has 2 aromatic rings. The number of nitrogens with one attached hydrogen (secondary N) is 1. The summed E-state index contributed by atoms with van der Waals surface area (Å²) < 4.78 is 4.72. The molecule has 0 aromatic heterocycles. The highest BCUT2D eigenvalue weighted by Crippen LogP contribution is 2.13. The van der Waals surface area contributed by atoms with Gasteiger partial charge in [-0.25, -0.2) is 4.79 Å². The van der Waals surface area contributed by atoms with Crippen molar-refractivity contribution in [3.8, 4) is 0 Å². The zero-order valence-corrected chi connectivity index (χ0v) is 15.6. The molecule has 138 valence electrons. The van der Waals surface area contributed by atoms with Crippen LogP contribution in [0.3, 0.4) is 0 Å². The molecular formula is C21H26N2O3. The Morgan fingerprint density at radius 3 is 2.46 bits per heavy atom. The van der Waals surface area contributed by atoms with E-state index < -0.39 is 0 Å². The van der Waals surface area contributed by atoms with Crippen molar-refractivity contribution in [1.82, 2.24) is 4.90 Å². The maximum Gasteiger partial charge on any atom is 0.337 e. The Kier molecular flexibility index (Phi) is 7.21. The van der Waals surface area contributed by atoms with Crippen molar-refractivity contribution >= 4 is 17.6 Å². The molecule has 0 aliphatic rings. The average molecular weight is 354 g/mol. The highest BCUT2D eigenvalue weighted by Gasteiger charge is 2.17. The molecule has 5 nitrogen and oxygen atoms in total. The van der Waals surface area contributed by atoms with Crippen molar-refractivity contribution in [2.24, 2.45) is 0 Å². The van der Waals surface area contributed by atoms with Gasteiger partial charge in [0.25, 0.3) is 0 Å². The first-order valence-corrected chi connectivity index (χ1v) is 8.77. The summed E-state index contributed by atoms with van der Waals surface area (Å²) in [7, 11) is 1.36. The second-order valence-electron chi connectivity index (χ2n) is 6.35. The summed E-state index contributed by atoms with van der Waals surface area (Å²) in [4.78, 5) is 26.1. The van der Waals surface area contributed by atoms with E-state index in [0.29, 0.717) is 25.1 Å². The molecule has 0 spiro atoms. The fourth-order valence-corrected chi connectivity index (χ4v) is 2.67. The SMILES string of the molecule is COC(=O)c1cccc(NCCC(=O)N(Cc2ccccc2)C(C)C)c1. The summed E-state index contributed by atoms with van der Waals surface area (Å²) in [6, 6.07) is 17.2. The molecule has 0 saturated heterocycles. The number of hydrogen-bond acceptors (Lipinski definition) is 4. The number of amides is 1. The van der Waals surface area contributed by atoms with E-state index in [1.54, 1.807) is 18.2 Å². The summed E-state index contributed by atoms with van der Waals surface area (Å²) in [5, 5.41) is 3.20. The largest absolute Gasteiger partial charge is 0.465 e. The summed E-state index contributed by atoms with van der Waals surface area (Å²) >= 11 is 0. The van der Waals surface area contributed by atoms with Crippen LogP contribution < -0.4 is 5.32 Å². The Morgan fingerprint density at radius 2 is 1.81 bits per heavy atom. The van der Waals surface area contributed by atoms with Gasteiger partial charge in [-0.3, -0.25) is 4.79 Å². The van der Waals surface area contributed by atoms with E-state index in [0.717, 1.165) is 11.3 Å². The lowest BCUT2D eigenvalue weighted by molar-refractivity contribution is -0.133. The number of hydrogen-bond donors (Lipinski definition) is 1. The fraction of sp³-hybridized carbons (Fsp3) is 0.333. The Labute approximate surface area is 155 Å². The van der Waals surface area contributed by atoms with E-state index in [2.05, 4.69) is 5.32 Å². The zero-order valence-electron chi connectivity index (χ0n) is 15.6. The summed E-state index contributed by atoms with van der Waals surface area (Å²) in [6.45, 7) is 5.15. The number of ether oxygens (including phenoxy) is 1. The van der Waals surface area contributed by atoms with Crippen molar-refractivity contribution < 1.29 is 14.3 Å². The predicted molar refractivity (Wildman–Crippen MR) is 103 cm³/mol. The van der Waals surface area contributed by atoms with Gasteiger partial charge in [-0.1, -0.05) is 36.4 Å². The number of benzene rings is 2. The van der Waals surface area contributed by atoms with Crippen molar-refractivity contribution in [2.45, 2.75) is 32.9 Å². The lowest BCUT2D eigenvalue weighted by atomic mass is 10.1. The maximum atomic E-state index is 12.6. The smallest absolute Gasteiger partial charge is 0.337 e. The van der Waals surface area contributed by atoms with Gasteiger partial charge in [-0.15, -0.1) is 0 Å². The molecule has 0 fully saturated rings. The minimum Gasteiger partial charge on any atom is -0.465 e. The van der Waals surface area contributed by atoms with Crippen LogP contribution in [0.1, 0.15) is 36.2 Å². The molecule has 26 heavy (non-hydrogen) atoms. The molecule has 1 N–H and O–H groups in total. The van der Waals surface area contributed by atoms with E-state index in [1.807, 2.05) is 55.1 Å². The molecule has 0 aliphatic carbocycles. The van der Waals surface area contributed by atoms with Crippen LogP contribution in [0.25, 0.3) is 0 Å². The third-order valence-corrected chi connectivity index (χ3v) is 4.09. The van der Waals surface area contributed by atoms with Crippen LogP contribution in [0, 0.1) is 0 Å². The predicted octanol–water partition coefficient (Wildman–Crippen LogP) is 3.71. The van der Waals surface area contributed by atoms with Gasteiger partial charge >= 0.3 is 5.97 Å². The van der Waals surface area contributed by atoms with E-state index in [4.69, 9.17) is 4.74 Å².